The molecule has 1 rings (SSSR count). The van der Waals surface area contributed by atoms with Crippen LogP contribution in [0.2, 0.25) is 0 Å². The Labute approximate surface area is 124 Å². The highest BCUT2D eigenvalue weighted by molar-refractivity contribution is 5.78. The van der Waals surface area contributed by atoms with E-state index in [-0.39, 0.29) is 19.1 Å². The van der Waals surface area contributed by atoms with Crippen LogP contribution in [0.5, 0.6) is 11.5 Å². The molecule has 0 aromatic heterocycles. The third-order valence-corrected chi connectivity index (χ3v) is 3.07. The minimum absolute atomic E-state index is 0.141. The summed E-state index contributed by atoms with van der Waals surface area (Å²) in [6.07, 6.45) is 0. The first-order valence-corrected chi connectivity index (χ1v) is 6.59. The normalized spacial score (nSPS) is 11.6. The molecule has 0 aliphatic carbocycles. The molecule has 116 valence electrons. The van der Waals surface area contributed by atoms with Crippen LogP contribution in [0.3, 0.4) is 0 Å². The summed E-state index contributed by atoms with van der Waals surface area (Å²) in [4.78, 5) is 24.0. The van der Waals surface area contributed by atoms with Crippen molar-refractivity contribution in [2.24, 2.45) is 5.92 Å². The predicted octanol–water partition coefficient (Wildman–Crippen LogP) is 1.56. The van der Waals surface area contributed by atoms with Gasteiger partial charge in [0.05, 0.1) is 13.0 Å². The summed E-state index contributed by atoms with van der Waals surface area (Å²) >= 11 is 0. The molecule has 21 heavy (non-hydrogen) atoms. The fourth-order valence-electron chi connectivity index (χ4n) is 1.73. The zero-order chi connectivity index (χ0) is 16.0. The van der Waals surface area contributed by atoms with E-state index in [0.29, 0.717) is 11.5 Å². The fourth-order valence-corrected chi connectivity index (χ4v) is 1.73. The van der Waals surface area contributed by atoms with E-state index in [1.807, 2.05) is 19.1 Å². The molecule has 0 aliphatic heterocycles. The van der Waals surface area contributed by atoms with Gasteiger partial charge in [-0.1, -0.05) is 13.0 Å². The van der Waals surface area contributed by atoms with E-state index in [9.17, 15) is 9.59 Å². The number of rotatable bonds is 7. The Morgan fingerprint density at radius 2 is 2.00 bits per heavy atom. The van der Waals surface area contributed by atoms with Gasteiger partial charge < -0.3 is 19.5 Å². The molecule has 0 heterocycles. The SMILES string of the molecule is COc1cc(C)ccc1OCC(=O)N(C)CC(C)C(=O)O. The molecule has 0 saturated carbocycles. The highest BCUT2D eigenvalue weighted by Crippen LogP contribution is 2.27. The van der Waals surface area contributed by atoms with Gasteiger partial charge in [-0.3, -0.25) is 9.59 Å². The van der Waals surface area contributed by atoms with E-state index in [2.05, 4.69) is 0 Å². The van der Waals surface area contributed by atoms with Crippen LogP contribution in [-0.2, 0) is 9.59 Å². The number of carboxylic acids is 1. The maximum Gasteiger partial charge on any atom is 0.308 e. The average Bonchev–Trinajstić information content (AvgIpc) is 2.44. The smallest absolute Gasteiger partial charge is 0.308 e. The topological polar surface area (TPSA) is 76.1 Å². The second-order valence-electron chi connectivity index (χ2n) is 4.96. The molecular weight excluding hydrogens is 274 g/mol. The molecule has 0 radical (unpaired) electrons. The molecule has 0 aliphatic rings. The standard InChI is InChI=1S/C15H21NO5/c1-10-5-6-12(13(7-10)20-4)21-9-14(17)16(3)8-11(2)15(18)19/h5-7,11H,8-9H2,1-4H3,(H,18,19). The first-order valence-electron chi connectivity index (χ1n) is 6.59. The Balaban J connectivity index is 2.58. The minimum atomic E-state index is -0.934. The van der Waals surface area contributed by atoms with Crippen LogP contribution >= 0.6 is 0 Å². The molecule has 0 spiro atoms. The van der Waals surface area contributed by atoms with E-state index >= 15 is 0 Å². The van der Waals surface area contributed by atoms with Crippen molar-refractivity contribution in [2.45, 2.75) is 13.8 Å². The zero-order valence-corrected chi connectivity index (χ0v) is 12.8. The van der Waals surface area contributed by atoms with Crippen LogP contribution in [0.1, 0.15) is 12.5 Å². The molecule has 1 aromatic carbocycles. The van der Waals surface area contributed by atoms with Gasteiger partial charge in [0.1, 0.15) is 0 Å². The van der Waals surface area contributed by atoms with Gasteiger partial charge in [0.15, 0.2) is 18.1 Å². The Hall–Kier alpha value is -2.24. The Kier molecular flexibility index (Phi) is 6.02. The largest absolute Gasteiger partial charge is 0.493 e. The Morgan fingerprint density at radius 1 is 1.33 bits per heavy atom. The molecule has 1 unspecified atom stereocenters. The maximum absolute atomic E-state index is 11.9. The lowest BCUT2D eigenvalue weighted by Gasteiger charge is -2.20. The van der Waals surface area contributed by atoms with Gasteiger partial charge in [-0.25, -0.2) is 0 Å². The van der Waals surface area contributed by atoms with Gasteiger partial charge in [-0.05, 0) is 24.6 Å². The van der Waals surface area contributed by atoms with Crippen molar-refractivity contribution in [1.82, 2.24) is 4.90 Å². The number of aliphatic carboxylic acids is 1. The second-order valence-corrected chi connectivity index (χ2v) is 4.96. The van der Waals surface area contributed by atoms with E-state index < -0.39 is 11.9 Å². The van der Waals surface area contributed by atoms with Gasteiger partial charge >= 0.3 is 5.97 Å². The zero-order valence-electron chi connectivity index (χ0n) is 12.8. The first kappa shape index (κ1) is 16.8. The number of hydrogen-bond acceptors (Lipinski definition) is 4. The summed E-state index contributed by atoms with van der Waals surface area (Å²) < 4.78 is 10.6. The number of aryl methyl sites for hydroxylation is 1. The van der Waals surface area contributed by atoms with E-state index in [0.717, 1.165) is 5.56 Å². The number of ether oxygens (including phenoxy) is 2. The molecule has 6 heteroatoms. The van der Waals surface area contributed by atoms with Crippen molar-refractivity contribution in [3.63, 3.8) is 0 Å². The van der Waals surface area contributed by atoms with Gasteiger partial charge in [0, 0.05) is 13.6 Å². The highest BCUT2D eigenvalue weighted by atomic mass is 16.5. The molecule has 6 nitrogen and oxygen atoms in total. The lowest BCUT2D eigenvalue weighted by molar-refractivity contribution is -0.143. The number of benzene rings is 1. The van der Waals surface area contributed by atoms with Gasteiger partial charge in [0.2, 0.25) is 0 Å². The maximum atomic E-state index is 11.9. The monoisotopic (exact) mass is 295 g/mol. The second kappa shape index (κ2) is 7.52. The quantitative estimate of drug-likeness (QED) is 0.826. The number of carbonyl (C=O) groups excluding carboxylic acids is 1. The number of carboxylic acid groups (broad SMARTS) is 1. The number of likely N-dealkylation sites (N-methyl/N-ethyl adjacent to an activating group) is 1. The lowest BCUT2D eigenvalue weighted by Crippen LogP contribution is -2.36. The van der Waals surface area contributed by atoms with E-state index in [1.165, 1.54) is 12.0 Å². The number of nitrogens with zero attached hydrogens (tertiary/aromatic N) is 1. The van der Waals surface area contributed by atoms with E-state index in [1.54, 1.807) is 20.0 Å². The van der Waals surface area contributed by atoms with Crippen molar-refractivity contribution in [3.8, 4) is 11.5 Å². The Bertz CT molecular complexity index is 515. The van der Waals surface area contributed by atoms with Crippen LogP contribution in [0.15, 0.2) is 18.2 Å². The fraction of sp³-hybridized carbons (Fsp3) is 0.467. The van der Waals surface area contributed by atoms with Crippen molar-refractivity contribution in [2.75, 3.05) is 27.3 Å². The first-order chi connectivity index (χ1) is 9.85. The van der Waals surface area contributed by atoms with Crippen molar-refractivity contribution in [3.05, 3.63) is 23.8 Å². The highest BCUT2D eigenvalue weighted by Gasteiger charge is 2.18. The molecule has 1 amide bonds. The molecule has 1 aromatic rings. The van der Waals surface area contributed by atoms with Crippen LogP contribution in [-0.4, -0.2) is 49.2 Å². The summed E-state index contributed by atoms with van der Waals surface area (Å²) in [5, 5.41) is 8.83. The summed E-state index contributed by atoms with van der Waals surface area (Å²) in [6, 6.07) is 5.41. The number of hydrogen-bond donors (Lipinski definition) is 1. The third-order valence-electron chi connectivity index (χ3n) is 3.07. The average molecular weight is 295 g/mol. The summed E-state index contributed by atoms with van der Waals surface area (Å²) in [6.45, 7) is 3.46. The molecule has 0 saturated heterocycles. The number of carbonyl (C=O) groups is 2. The summed E-state index contributed by atoms with van der Waals surface area (Å²) in [5.74, 6) is -0.796. The molecule has 1 atom stereocenters. The van der Waals surface area contributed by atoms with E-state index in [4.69, 9.17) is 14.6 Å². The molecular formula is C15H21NO5. The van der Waals surface area contributed by atoms with Crippen LogP contribution in [0.25, 0.3) is 0 Å². The van der Waals surface area contributed by atoms with Crippen LogP contribution in [0.4, 0.5) is 0 Å². The minimum Gasteiger partial charge on any atom is -0.493 e. The van der Waals surface area contributed by atoms with Gasteiger partial charge in [0.25, 0.3) is 5.91 Å². The third kappa shape index (κ3) is 4.98. The van der Waals surface area contributed by atoms with Crippen molar-refractivity contribution >= 4 is 11.9 Å². The lowest BCUT2D eigenvalue weighted by atomic mass is 10.2. The van der Waals surface area contributed by atoms with Crippen molar-refractivity contribution < 1.29 is 24.2 Å². The van der Waals surface area contributed by atoms with Gasteiger partial charge in [-0.15, -0.1) is 0 Å². The van der Waals surface area contributed by atoms with Gasteiger partial charge in [-0.2, -0.15) is 0 Å². The van der Waals surface area contributed by atoms with Crippen LogP contribution in [0, 0.1) is 12.8 Å². The number of methoxy groups -OCH3 is 1. The molecule has 1 N–H and O–H groups in total. The predicted molar refractivity (Wildman–Crippen MR) is 77.7 cm³/mol. The molecule has 0 fully saturated rings. The summed E-state index contributed by atoms with van der Waals surface area (Å²) in [7, 11) is 3.08. The summed E-state index contributed by atoms with van der Waals surface area (Å²) in [5.41, 5.74) is 1.03. The van der Waals surface area contributed by atoms with Crippen LogP contribution < -0.4 is 9.47 Å². The molecule has 0 bridgehead atoms. The Morgan fingerprint density at radius 3 is 2.57 bits per heavy atom. The van der Waals surface area contributed by atoms with Crippen molar-refractivity contribution in [1.29, 1.82) is 0 Å². The number of amides is 1.